The van der Waals surface area contributed by atoms with E-state index in [1.165, 1.54) is 7.11 Å². The summed E-state index contributed by atoms with van der Waals surface area (Å²) in [4.78, 5) is 31.1. The number of cyclic esters (lactones) is 2. The maximum Gasteiger partial charge on any atom is 0.331 e. The van der Waals surface area contributed by atoms with Crippen LogP contribution >= 0.6 is 0 Å². The van der Waals surface area contributed by atoms with Crippen LogP contribution in [0.2, 0.25) is 0 Å². The molecule has 17 heavy (non-hydrogen) atoms. The second kappa shape index (κ2) is 9.14. The summed E-state index contributed by atoms with van der Waals surface area (Å²) < 4.78 is 13.4. The maximum atomic E-state index is 10.6. The van der Waals surface area contributed by atoms with Crippen molar-refractivity contribution < 1.29 is 28.6 Å². The Bertz CT molecular complexity index is 298. The summed E-state index contributed by atoms with van der Waals surface area (Å²) in [7, 11) is 1.31. The van der Waals surface area contributed by atoms with Crippen LogP contribution in [-0.4, -0.2) is 38.2 Å². The topological polar surface area (TPSA) is 78.9 Å². The first-order valence-electron chi connectivity index (χ1n) is 4.82. The Morgan fingerprint density at radius 2 is 1.76 bits per heavy atom. The zero-order chi connectivity index (χ0) is 13.1. The zero-order valence-corrected chi connectivity index (χ0v) is 9.51. The van der Waals surface area contributed by atoms with Crippen LogP contribution in [0.25, 0.3) is 0 Å². The minimum Gasteiger partial charge on any atom is -0.466 e. The highest BCUT2D eigenvalue weighted by Crippen LogP contribution is 1.93. The molecule has 0 saturated carbocycles. The van der Waals surface area contributed by atoms with Gasteiger partial charge in [-0.1, -0.05) is 6.58 Å². The number of rotatable bonds is 1. The fraction of sp³-hybridized carbons (Fsp3) is 0.364. The van der Waals surface area contributed by atoms with Crippen LogP contribution in [0.5, 0.6) is 0 Å². The summed E-state index contributed by atoms with van der Waals surface area (Å²) in [5, 5.41) is 0. The van der Waals surface area contributed by atoms with E-state index in [1.54, 1.807) is 0 Å². The van der Waals surface area contributed by atoms with E-state index in [0.29, 0.717) is 19.6 Å². The average Bonchev–Trinajstić information content (AvgIpc) is 2.43. The van der Waals surface area contributed by atoms with Crippen LogP contribution in [0.4, 0.5) is 0 Å². The molecule has 1 heterocycles. The summed E-state index contributed by atoms with van der Waals surface area (Å²) in [5.74, 6) is -1.39. The Balaban J connectivity index is 0.000000366. The first-order chi connectivity index (χ1) is 8.10. The van der Waals surface area contributed by atoms with Gasteiger partial charge in [0, 0.05) is 24.6 Å². The number of methoxy groups -OCH3 is 1. The van der Waals surface area contributed by atoms with Crippen molar-refractivity contribution in [2.75, 3.05) is 20.3 Å². The third-order valence-electron chi connectivity index (χ3n) is 1.50. The van der Waals surface area contributed by atoms with E-state index in [2.05, 4.69) is 20.8 Å². The quantitative estimate of drug-likeness (QED) is 0.375. The number of hydrogen-bond donors (Lipinski definition) is 0. The highest BCUT2D eigenvalue weighted by atomic mass is 16.5. The van der Waals surface area contributed by atoms with E-state index in [1.807, 2.05) is 0 Å². The largest absolute Gasteiger partial charge is 0.466 e. The fourth-order valence-electron chi connectivity index (χ4n) is 0.720. The van der Waals surface area contributed by atoms with Crippen LogP contribution in [0.1, 0.15) is 6.42 Å². The molecule has 1 aliphatic heterocycles. The zero-order valence-electron chi connectivity index (χ0n) is 9.51. The lowest BCUT2D eigenvalue weighted by molar-refractivity contribution is -0.138. The highest BCUT2D eigenvalue weighted by Gasteiger charge is 2.03. The molecule has 0 aromatic heterocycles. The maximum absolute atomic E-state index is 10.6. The molecule has 1 aliphatic rings. The summed E-state index contributed by atoms with van der Waals surface area (Å²) >= 11 is 0. The molecule has 0 fully saturated rings. The molecular weight excluding hydrogens is 228 g/mol. The molecule has 0 bridgehead atoms. The van der Waals surface area contributed by atoms with E-state index in [9.17, 15) is 14.4 Å². The second-order valence-electron chi connectivity index (χ2n) is 2.75. The van der Waals surface area contributed by atoms with Crippen molar-refractivity contribution in [2.24, 2.45) is 0 Å². The van der Waals surface area contributed by atoms with E-state index >= 15 is 0 Å². The van der Waals surface area contributed by atoms with Crippen molar-refractivity contribution >= 4 is 17.9 Å². The van der Waals surface area contributed by atoms with Gasteiger partial charge in [0.15, 0.2) is 0 Å². The number of carbonyl (C=O) groups excluding carboxylic acids is 3. The van der Waals surface area contributed by atoms with Crippen LogP contribution in [-0.2, 0) is 28.6 Å². The minimum atomic E-state index is -0.496. The first kappa shape index (κ1) is 14.9. The van der Waals surface area contributed by atoms with Crippen LogP contribution in [0.15, 0.2) is 24.8 Å². The molecule has 0 amide bonds. The van der Waals surface area contributed by atoms with Gasteiger partial charge in [0.25, 0.3) is 0 Å². The standard InChI is InChI=1S/C7H8O4.C4H6O2/c8-6-2-3-7(9)11-5-1-4-10-6;1-3-4(5)6-2/h2-3H,1,4-5H2;3H,1H2,2H3. The molecule has 0 N–H and O–H groups in total. The molecule has 94 valence electrons. The van der Waals surface area contributed by atoms with Crippen molar-refractivity contribution in [1.82, 2.24) is 0 Å². The number of ether oxygens (including phenoxy) is 3. The molecule has 6 nitrogen and oxygen atoms in total. The third kappa shape index (κ3) is 8.86. The summed E-state index contributed by atoms with van der Waals surface area (Å²) in [5.41, 5.74) is 0. The lowest BCUT2D eigenvalue weighted by Crippen LogP contribution is -2.03. The Labute approximate surface area is 98.8 Å². The Morgan fingerprint density at radius 3 is 2.06 bits per heavy atom. The third-order valence-corrected chi connectivity index (χ3v) is 1.50. The SMILES string of the molecule is C=CC(=O)OC.O=C1C=CC(=O)OCCCO1. The normalized spacial score (nSPS) is 14.9. The van der Waals surface area contributed by atoms with Crippen LogP contribution < -0.4 is 0 Å². The molecule has 0 unspecified atom stereocenters. The minimum absolute atomic E-state index is 0.302. The summed E-state index contributed by atoms with van der Waals surface area (Å²) in [6, 6.07) is 0. The molecule has 1 rings (SSSR count). The van der Waals surface area contributed by atoms with Gasteiger partial charge < -0.3 is 14.2 Å². The van der Waals surface area contributed by atoms with Crippen molar-refractivity contribution in [3.63, 3.8) is 0 Å². The Morgan fingerprint density at radius 1 is 1.29 bits per heavy atom. The van der Waals surface area contributed by atoms with Crippen molar-refractivity contribution in [1.29, 1.82) is 0 Å². The van der Waals surface area contributed by atoms with Crippen molar-refractivity contribution in [2.45, 2.75) is 6.42 Å². The molecule has 0 saturated heterocycles. The van der Waals surface area contributed by atoms with E-state index < -0.39 is 17.9 Å². The Hall–Kier alpha value is -2.11. The fourth-order valence-corrected chi connectivity index (χ4v) is 0.720. The number of carbonyl (C=O) groups is 3. The lowest BCUT2D eigenvalue weighted by Gasteiger charge is -1.99. The van der Waals surface area contributed by atoms with Gasteiger partial charge in [0.2, 0.25) is 0 Å². The number of hydrogen-bond acceptors (Lipinski definition) is 6. The smallest absolute Gasteiger partial charge is 0.331 e. The van der Waals surface area contributed by atoms with Gasteiger partial charge in [0.05, 0.1) is 20.3 Å². The molecule has 0 spiro atoms. The number of esters is 3. The van der Waals surface area contributed by atoms with Gasteiger partial charge >= 0.3 is 17.9 Å². The summed E-state index contributed by atoms with van der Waals surface area (Å²) in [6.07, 6.45) is 3.79. The van der Waals surface area contributed by atoms with E-state index in [0.717, 1.165) is 18.2 Å². The van der Waals surface area contributed by atoms with E-state index in [-0.39, 0.29) is 0 Å². The molecule has 0 aliphatic carbocycles. The Kier molecular flexibility index (Phi) is 8.01. The predicted octanol–water partition coefficient (Wildman–Crippen LogP) is 0.378. The predicted molar refractivity (Wildman–Crippen MR) is 57.9 cm³/mol. The van der Waals surface area contributed by atoms with Gasteiger partial charge in [-0.3, -0.25) is 0 Å². The van der Waals surface area contributed by atoms with Crippen molar-refractivity contribution in [3.05, 3.63) is 24.8 Å². The highest BCUT2D eigenvalue weighted by molar-refractivity contribution is 5.91. The monoisotopic (exact) mass is 242 g/mol. The second-order valence-corrected chi connectivity index (χ2v) is 2.75. The molecule has 0 radical (unpaired) electrons. The van der Waals surface area contributed by atoms with Gasteiger partial charge in [0.1, 0.15) is 0 Å². The molecular formula is C11H14O6. The average molecular weight is 242 g/mol. The van der Waals surface area contributed by atoms with Gasteiger partial charge in [-0.2, -0.15) is 0 Å². The molecule has 0 aromatic carbocycles. The van der Waals surface area contributed by atoms with E-state index in [4.69, 9.17) is 0 Å². The molecule has 6 heteroatoms. The van der Waals surface area contributed by atoms with Gasteiger partial charge in [-0.25, -0.2) is 14.4 Å². The van der Waals surface area contributed by atoms with Gasteiger partial charge in [-0.15, -0.1) is 0 Å². The first-order valence-corrected chi connectivity index (χ1v) is 4.82. The molecule has 0 aromatic rings. The lowest BCUT2D eigenvalue weighted by atomic mass is 10.5. The van der Waals surface area contributed by atoms with Crippen molar-refractivity contribution in [3.8, 4) is 0 Å². The van der Waals surface area contributed by atoms with Crippen LogP contribution in [0.3, 0.4) is 0 Å². The molecule has 0 atom stereocenters. The van der Waals surface area contributed by atoms with Crippen LogP contribution in [0, 0.1) is 0 Å². The van der Waals surface area contributed by atoms with Gasteiger partial charge in [-0.05, 0) is 0 Å². The summed E-state index contributed by atoms with van der Waals surface area (Å²) in [6.45, 7) is 3.76.